The molecule has 0 fully saturated rings. The van der Waals surface area contributed by atoms with Crippen LogP contribution < -0.4 is 5.32 Å². The van der Waals surface area contributed by atoms with E-state index in [1.54, 1.807) is 12.3 Å². The number of aromatic hydroxyl groups is 1. The summed E-state index contributed by atoms with van der Waals surface area (Å²) in [5, 5.41) is 13.3. The summed E-state index contributed by atoms with van der Waals surface area (Å²) in [6, 6.07) is 21.7. The molecule has 0 atom stereocenters. The van der Waals surface area contributed by atoms with Crippen molar-refractivity contribution in [1.29, 1.82) is 0 Å². The third-order valence-electron chi connectivity index (χ3n) is 3.53. The van der Waals surface area contributed by atoms with E-state index in [0.29, 0.717) is 18.8 Å². The minimum Gasteiger partial charge on any atom is -0.508 e. The lowest BCUT2D eigenvalue weighted by Crippen LogP contribution is -2.13. The molecule has 22 heavy (non-hydrogen) atoms. The summed E-state index contributed by atoms with van der Waals surface area (Å²) in [4.78, 5) is 4.27. The zero-order valence-electron chi connectivity index (χ0n) is 12.2. The number of benzene rings is 2. The molecule has 3 aromatic rings. The van der Waals surface area contributed by atoms with Crippen LogP contribution in [-0.2, 0) is 13.1 Å². The Morgan fingerprint density at radius 1 is 0.818 bits per heavy atom. The van der Waals surface area contributed by atoms with E-state index in [-0.39, 0.29) is 0 Å². The fourth-order valence-corrected chi connectivity index (χ4v) is 2.37. The number of pyridine rings is 1. The molecule has 3 nitrogen and oxygen atoms in total. The van der Waals surface area contributed by atoms with Gasteiger partial charge in [-0.05, 0) is 35.4 Å². The molecular formula is C19H18N2O. The zero-order chi connectivity index (χ0) is 15.2. The Labute approximate surface area is 130 Å². The SMILES string of the molecule is Oc1ccc(-c2ccccc2)cc1CNCc1ccccn1. The van der Waals surface area contributed by atoms with Gasteiger partial charge in [0, 0.05) is 24.8 Å². The number of phenolic OH excluding ortho intramolecular Hbond substituents is 1. The fraction of sp³-hybridized carbons (Fsp3) is 0.105. The van der Waals surface area contributed by atoms with Gasteiger partial charge in [-0.1, -0.05) is 42.5 Å². The van der Waals surface area contributed by atoms with E-state index in [0.717, 1.165) is 22.4 Å². The number of hydrogen-bond donors (Lipinski definition) is 2. The molecule has 0 radical (unpaired) electrons. The molecular weight excluding hydrogens is 272 g/mol. The molecule has 110 valence electrons. The van der Waals surface area contributed by atoms with Crippen molar-refractivity contribution in [3.63, 3.8) is 0 Å². The molecule has 0 bridgehead atoms. The minimum absolute atomic E-state index is 0.313. The highest BCUT2D eigenvalue weighted by atomic mass is 16.3. The first-order valence-electron chi connectivity index (χ1n) is 7.31. The quantitative estimate of drug-likeness (QED) is 0.752. The molecule has 2 aromatic carbocycles. The minimum atomic E-state index is 0.313. The normalized spacial score (nSPS) is 10.5. The van der Waals surface area contributed by atoms with E-state index in [1.807, 2.05) is 48.5 Å². The Kier molecular flexibility index (Phi) is 4.47. The molecule has 3 rings (SSSR count). The van der Waals surface area contributed by atoms with Gasteiger partial charge in [0.1, 0.15) is 5.75 Å². The summed E-state index contributed by atoms with van der Waals surface area (Å²) in [5.41, 5.74) is 4.13. The highest BCUT2D eigenvalue weighted by molar-refractivity contribution is 5.65. The summed E-state index contributed by atoms with van der Waals surface area (Å²) >= 11 is 0. The van der Waals surface area contributed by atoms with Gasteiger partial charge in [0.25, 0.3) is 0 Å². The Bertz CT molecular complexity index is 727. The van der Waals surface area contributed by atoms with Crippen LogP contribution in [0, 0.1) is 0 Å². The van der Waals surface area contributed by atoms with E-state index in [9.17, 15) is 5.11 Å². The topological polar surface area (TPSA) is 45.1 Å². The van der Waals surface area contributed by atoms with Gasteiger partial charge in [0.2, 0.25) is 0 Å². The maximum atomic E-state index is 10.0. The maximum Gasteiger partial charge on any atom is 0.120 e. The summed E-state index contributed by atoms with van der Waals surface area (Å²) in [5.74, 6) is 0.313. The number of phenols is 1. The van der Waals surface area contributed by atoms with Crippen LogP contribution in [0.3, 0.4) is 0 Å². The van der Waals surface area contributed by atoms with Gasteiger partial charge in [-0.2, -0.15) is 0 Å². The molecule has 0 saturated heterocycles. The highest BCUT2D eigenvalue weighted by Crippen LogP contribution is 2.25. The summed E-state index contributed by atoms with van der Waals surface area (Å²) < 4.78 is 0. The molecule has 3 heteroatoms. The number of nitrogens with one attached hydrogen (secondary N) is 1. The molecule has 1 heterocycles. The van der Waals surface area contributed by atoms with Gasteiger partial charge in [-0.3, -0.25) is 4.98 Å². The van der Waals surface area contributed by atoms with E-state index in [1.165, 1.54) is 0 Å². The number of nitrogens with zero attached hydrogens (tertiary/aromatic N) is 1. The lowest BCUT2D eigenvalue weighted by atomic mass is 10.0. The Hall–Kier alpha value is -2.65. The van der Waals surface area contributed by atoms with Crippen molar-refractivity contribution in [2.24, 2.45) is 0 Å². The smallest absolute Gasteiger partial charge is 0.120 e. The maximum absolute atomic E-state index is 10.0. The van der Waals surface area contributed by atoms with E-state index < -0.39 is 0 Å². The molecule has 0 saturated carbocycles. The predicted octanol–water partition coefficient (Wildman–Crippen LogP) is 3.74. The second-order valence-electron chi connectivity index (χ2n) is 5.13. The van der Waals surface area contributed by atoms with Gasteiger partial charge < -0.3 is 10.4 Å². The molecule has 0 aliphatic carbocycles. The van der Waals surface area contributed by atoms with Crippen LogP contribution in [0.5, 0.6) is 5.75 Å². The van der Waals surface area contributed by atoms with Crippen molar-refractivity contribution in [2.75, 3.05) is 0 Å². The largest absolute Gasteiger partial charge is 0.508 e. The van der Waals surface area contributed by atoms with Crippen LogP contribution in [0.2, 0.25) is 0 Å². The van der Waals surface area contributed by atoms with Crippen molar-refractivity contribution in [2.45, 2.75) is 13.1 Å². The predicted molar refractivity (Wildman–Crippen MR) is 88.3 cm³/mol. The van der Waals surface area contributed by atoms with Gasteiger partial charge in [-0.25, -0.2) is 0 Å². The lowest BCUT2D eigenvalue weighted by molar-refractivity contribution is 0.464. The number of rotatable bonds is 5. The van der Waals surface area contributed by atoms with Crippen molar-refractivity contribution >= 4 is 0 Å². The second-order valence-corrected chi connectivity index (χ2v) is 5.13. The van der Waals surface area contributed by atoms with Gasteiger partial charge in [-0.15, -0.1) is 0 Å². The van der Waals surface area contributed by atoms with Gasteiger partial charge >= 0.3 is 0 Å². The van der Waals surface area contributed by atoms with Crippen LogP contribution >= 0.6 is 0 Å². The van der Waals surface area contributed by atoms with Crippen LogP contribution in [0.25, 0.3) is 11.1 Å². The monoisotopic (exact) mass is 290 g/mol. The molecule has 1 aromatic heterocycles. The highest BCUT2D eigenvalue weighted by Gasteiger charge is 2.04. The van der Waals surface area contributed by atoms with Gasteiger partial charge in [0.05, 0.1) is 5.69 Å². The first kappa shape index (κ1) is 14.3. The van der Waals surface area contributed by atoms with E-state index in [4.69, 9.17) is 0 Å². The summed E-state index contributed by atoms with van der Waals surface area (Å²) in [7, 11) is 0. The first-order chi connectivity index (χ1) is 10.8. The van der Waals surface area contributed by atoms with Gasteiger partial charge in [0.15, 0.2) is 0 Å². The Balaban J connectivity index is 1.71. The first-order valence-corrected chi connectivity index (χ1v) is 7.31. The second kappa shape index (κ2) is 6.87. The van der Waals surface area contributed by atoms with E-state index in [2.05, 4.69) is 22.4 Å². The molecule has 0 aliphatic heterocycles. The van der Waals surface area contributed by atoms with E-state index >= 15 is 0 Å². The Morgan fingerprint density at radius 3 is 2.41 bits per heavy atom. The van der Waals surface area contributed by atoms with Crippen LogP contribution in [-0.4, -0.2) is 10.1 Å². The average Bonchev–Trinajstić information content (AvgIpc) is 2.58. The van der Waals surface area contributed by atoms with Crippen LogP contribution in [0.4, 0.5) is 0 Å². The third-order valence-corrected chi connectivity index (χ3v) is 3.53. The summed E-state index contributed by atoms with van der Waals surface area (Å²) in [6.07, 6.45) is 1.78. The molecule has 0 aliphatic rings. The third kappa shape index (κ3) is 3.51. The van der Waals surface area contributed by atoms with Crippen LogP contribution in [0.15, 0.2) is 72.9 Å². The zero-order valence-corrected chi connectivity index (χ0v) is 12.2. The average molecular weight is 290 g/mol. The Morgan fingerprint density at radius 2 is 1.64 bits per heavy atom. The molecule has 0 unspecified atom stereocenters. The number of aromatic nitrogens is 1. The molecule has 0 amide bonds. The molecule has 0 spiro atoms. The lowest BCUT2D eigenvalue weighted by Gasteiger charge is -2.09. The number of hydrogen-bond acceptors (Lipinski definition) is 3. The van der Waals surface area contributed by atoms with Crippen molar-refractivity contribution in [1.82, 2.24) is 10.3 Å². The summed E-state index contributed by atoms with van der Waals surface area (Å²) in [6.45, 7) is 1.28. The van der Waals surface area contributed by atoms with Crippen molar-refractivity contribution in [3.05, 3.63) is 84.2 Å². The van der Waals surface area contributed by atoms with Crippen molar-refractivity contribution in [3.8, 4) is 16.9 Å². The fourth-order valence-electron chi connectivity index (χ4n) is 2.37. The standard InChI is InChI=1S/C19H18N2O/c22-19-10-9-16(15-6-2-1-3-7-15)12-17(19)13-20-14-18-8-4-5-11-21-18/h1-12,20,22H,13-14H2. The van der Waals surface area contributed by atoms with Crippen LogP contribution in [0.1, 0.15) is 11.3 Å². The van der Waals surface area contributed by atoms with Crippen molar-refractivity contribution < 1.29 is 5.11 Å². The molecule has 2 N–H and O–H groups in total.